The highest BCUT2D eigenvalue weighted by Gasteiger charge is 2.22. The van der Waals surface area contributed by atoms with Gasteiger partial charge in [-0.1, -0.05) is 58.0 Å². The smallest absolute Gasteiger partial charge is 0.126 e. The summed E-state index contributed by atoms with van der Waals surface area (Å²) in [6, 6.07) is 3.97. The Bertz CT molecular complexity index is 670. The van der Waals surface area contributed by atoms with E-state index in [2.05, 4.69) is 0 Å². The second kappa shape index (κ2) is 5.47. The molecule has 0 saturated carbocycles. The molecule has 0 aliphatic rings. The summed E-state index contributed by atoms with van der Waals surface area (Å²) in [6.45, 7) is 0. The van der Waals surface area contributed by atoms with Gasteiger partial charge in [0.1, 0.15) is 11.5 Å². The van der Waals surface area contributed by atoms with E-state index < -0.39 is 0 Å². The number of hydrogen-bond donors (Lipinski definition) is 2. The van der Waals surface area contributed by atoms with Crippen LogP contribution in [0.1, 0.15) is 0 Å². The van der Waals surface area contributed by atoms with Crippen LogP contribution in [0.25, 0.3) is 11.1 Å². The van der Waals surface area contributed by atoms with Crippen molar-refractivity contribution in [1.82, 2.24) is 0 Å². The molecule has 0 atom stereocenters. The van der Waals surface area contributed by atoms with Crippen molar-refractivity contribution in [2.45, 2.75) is 0 Å². The number of rotatable bonds is 1. The summed E-state index contributed by atoms with van der Waals surface area (Å²) >= 11 is 29.7. The molecule has 0 fully saturated rings. The van der Waals surface area contributed by atoms with Crippen molar-refractivity contribution in [3.63, 3.8) is 0 Å². The van der Waals surface area contributed by atoms with Gasteiger partial charge < -0.3 is 10.2 Å². The quantitative estimate of drug-likeness (QED) is 0.611. The molecule has 0 aliphatic carbocycles. The summed E-state index contributed by atoms with van der Waals surface area (Å²) in [5, 5.41) is 20.2. The molecule has 100 valence electrons. The minimum Gasteiger partial charge on any atom is -0.507 e. The van der Waals surface area contributed by atoms with Crippen molar-refractivity contribution >= 4 is 58.0 Å². The van der Waals surface area contributed by atoms with Gasteiger partial charge in [0.15, 0.2) is 0 Å². The fourth-order valence-electron chi connectivity index (χ4n) is 1.60. The summed E-state index contributed by atoms with van der Waals surface area (Å²) < 4.78 is 0. The Labute approximate surface area is 134 Å². The van der Waals surface area contributed by atoms with E-state index in [-0.39, 0.29) is 47.7 Å². The van der Waals surface area contributed by atoms with Crippen LogP contribution in [0.5, 0.6) is 11.5 Å². The van der Waals surface area contributed by atoms with Crippen LogP contribution in [-0.4, -0.2) is 10.2 Å². The summed E-state index contributed by atoms with van der Waals surface area (Å²) in [5.74, 6) is -0.455. The number of benzene rings is 2. The van der Waals surface area contributed by atoms with Gasteiger partial charge in [-0.05, 0) is 12.1 Å². The van der Waals surface area contributed by atoms with E-state index in [0.717, 1.165) is 0 Å². The van der Waals surface area contributed by atoms with Gasteiger partial charge in [0.05, 0.1) is 25.1 Å². The lowest BCUT2D eigenvalue weighted by Crippen LogP contribution is -1.87. The number of hydrogen-bond acceptors (Lipinski definition) is 2. The van der Waals surface area contributed by atoms with E-state index in [1.54, 1.807) is 0 Å². The number of phenols is 2. The molecule has 0 aliphatic heterocycles. The second-order valence-electron chi connectivity index (χ2n) is 3.64. The van der Waals surface area contributed by atoms with Crippen LogP contribution in [-0.2, 0) is 0 Å². The summed E-state index contributed by atoms with van der Waals surface area (Å²) in [7, 11) is 0. The maximum Gasteiger partial charge on any atom is 0.126 e. The number of phenolic OH excluding ortho intramolecular Hbond substituents is 2. The summed E-state index contributed by atoms with van der Waals surface area (Å²) in [4.78, 5) is 0. The standard InChI is InChI=1S/C12H5Cl5O2/c13-4-1-2-6(18)8(10(4)15)9-7(19)3-5(14)11(16)12(9)17/h1-3,18-19H. The van der Waals surface area contributed by atoms with E-state index in [1.165, 1.54) is 18.2 Å². The van der Waals surface area contributed by atoms with Crippen molar-refractivity contribution in [2.75, 3.05) is 0 Å². The molecule has 2 rings (SSSR count). The zero-order chi connectivity index (χ0) is 14.3. The highest BCUT2D eigenvalue weighted by molar-refractivity contribution is 6.50. The Hall–Kier alpha value is -0.510. The Morgan fingerprint density at radius 2 is 1.21 bits per heavy atom. The first-order valence-electron chi connectivity index (χ1n) is 4.88. The number of aromatic hydroxyl groups is 2. The van der Waals surface area contributed by atoms with Crippen LogP contribution in [0, 0.1) is 0 Å². The molecule has 19 heavy (non-hydrogen) atoms. The van der Waals surface area contributed by atoms with Gasteiger partial charge in [0.25, 0.3) is 0 Å². The molecule has 0 amide bonds. The minimum absolute atomic E-state index is 0.0221. The van der Waals surface area contributed by atoms with Crippen LogP contribution >= 0.6 is 58.0 Å². The minimum atomic E-state index is -0.265. The van der Waals surface area contributed by atoms with E-state index in [0.29, 0.717) is 0 Å². The van der Waals surface area contributed by atoms with E-state index >= 15 is 0 Å². The maximum absolute atomic E-state index is 9.95. The zero-order valence-corrected chi connectivity index (χ0v) is 12.8. The Balaban J connectivity index is 2.88. The van der Waals surface area contributed by atoms with Gasteiger partial charge in [0, 0.05) is 17.2 Å². The normalized spacial score (nSPS) is 10.8. The van der Waals surface area contributed by atoms with Crippen molar-refractivity contribution in [2.24, 2.45) is 0 Å². The first-order valence-corrected chi connectivity index (χ1v) is 6.77. The Kier molecular flexibility index (Phi) is 4.29. The van der Waals surface area contributed by atoms with E-state index in [9.17, 15) is 10.2 Å². The van der Waals surface area contributed by atoms with Crippen LogP contribution in [0.3, 0.4) is 0 Å². The maximum atomic E-state index is 9.95. The summed E-state index contributed by atoms with van der Waals surface area (Å²) in [5.41, 5.74) is 0.163. The molecule has 0 saturated heterocycles. The van der Waals surface area contributed by atoms with Crippen LogP contribution < -0.4 is 0 Å². The van der Waals surface area contributed by atoms with Crippen LogP contribution in [0.15, 0.2) is 18.2 Å². The van der Waals surface area contributed by atoms with Gasteiger partial charge in [-0.2, -0.15) is 0 Å². The predicted molar refractivity (Wildman–Crippen MR) is 80.3 cm³/mol. The molecule has 2 aromatic carbocycles. The first kappa shape index (κ1) is 14.9. The molecule has 0 bridgehead atoms. The average Bonchev–Trinajstić information content (AvgIpc) is 2.35. The third kappa shape index (κ3) is 2.56. The molecule has 0 radical (unpaired) electrons. The molecule has 0 aromatic heterocycles. The van der Waals surface area contributed by atoms with Gasteiger partial charge in [0.2, 0.25) is 0 Å². The third-order valence-electron chi connectivity index (χ3n) is 2.46. The lowest BCUT2D eigenvalue weighted by molar-refractivity contribution is 0.469. The molecule has 2 N–H and O–H groups in total. The molecular formula is C12H5Cl5O2. The molecule has 2 nitrogen and oxygen atoms in total. The van der Waals surface area contributed by atoms with Gasteiger partial charge >= 0.3 is 0 Å². The van der Waals surface area contributed by atoms with Gasteiger partial charge in [-0.15, -0.1) is 0 Å². The second-order valence-corrected chi connectivity index (χ2v) is 5.58. The zero-order valence-electron chi connectivity index (χ0n) is 9.02. The van der Waals surface area contributed by atoms with Crippen LogP contribution in [0.4, 0.5) is 0 Å². The SMILES string of the molecule is Oc1ccc(Cl)c(Cl)c1-c1c(O)cc(Cl)c(Cl)c1Cl. The highest BCUT2D eigenvalue weighted by atomic mass is 35.5. The molecular weight excluding hydrogens is 353 g/mol. The van der Waals surface area contributed by atoms with E-state index in [1.807, 2.05) is 0 Å². The highest BCUT2D eigenvalue weighted by Crippen LogP contribution is 2.50. The molecule has 7 heteroatoms. The lowest BCUT2D eigenvalue weighted by atomic mass is 10.0. The monoisotopic (exact) mass is 356 g/mol. The van der Waals surface area contributed by atoms with Crippen molar-refractivity contribution in [1.29, 1.82) is 0 Å². The Morgan fingerprint density at radius 3 is 1.84 bits per heavy atom. The van der Waals surface area contributed by atoms with E-state index in [4.69, 9.17) is 58.0 Å². The van der Waals surface area contributed by atoms with Gasteiger partial charge in [-0.3, -0.25) is 0 Å². The fourth-order valence-corrected chi connectivity index (χ4v) is 2.70. The lowest BCUT2D eigenvalue weighted by Gasteiger charge is -2.14. The van der Waals surface area contributed by atoms with Crippen molar-refractivity contribution in [3.8, 4) is 22.6 Å². The average molecular weight is 358 g/mol. The molecule has 2 aromatic rings. The van der Waals surface area contributed by atoms with Crippen molar-refractivity contribution in [3.05, 3.63) is 43.3 Å². The predicted octanol–water partition coefficient (Wildman–Crippen LogP) is 6.03. The number of halogens is 5. The van der Waals surface area contributed by atoms with Crippen LogP contribution in [0.2, 0.25) is 25.1 Å². The molecule has 0 heterocycles. The first-order chi connectivity index (χ1) is 8.84. The largest absolute Gasteiger partial charge is 0.507 e. The summed E-state index contributed by atoms with van der Waals surface area (Å²) in [6.07, 6.45) is 0. The Morgan fingerprint density at radius 1 is 0.632 bits per heavy atom. The topological polar surface area (TPSA) is 40.5 Å². The van der Waals surface area contributed by atoms with Gasteiger partial charge in [-0.25, -0.2) is 0 Å². The molecule has 0 spiro atoms. The van der Waals surface area contributed by atoms with Crippen molar-refractivity contribution < 1.29 is 10.2 Å². The molecule has 0 unspecified atom stereocenters. The fraction of sp³-hybridized carbons (Fsp3) is 0. The third-order valence-corrected chi connectivity index (χ3v) is 4.53.